The summed E-state index contributed by atoms with van der Waals surface area (Å²) in [6.45, 7) is 8.82. The molecule has 1 N–H and O–H groups in total. The SMILES string of the molecule is CCCC(C)(CCCC1=NOC2(C1)CC(CC1=CC(OCC)=C(C3C=CC(CC)=CC3)C(OC)C1)C2)C(=O)O. The van der Waals surface area contributed by atoms with Gasteiger partial charge in [0.1, 0.15) is 11.4 Å². The molecular formula is C33H49NO5. The van der Waals surface area contributed by atoms with Crippen LogP contribution in [0.4, 0.5) is 0 Å². The molecule has 3 unspecified atom stereocenters. The van der Waals surface area contributed by atoms with Gasteiger partial charge >= 0.3 is 5.97 Å². The molecule has 1 heterocycles. The van der Waals surface area contributed by atoms with Gasteiger partial charge in [-0.15, -0.1) is 0 Å². The maximum absolute atomic E-state index is 11.7. The van der Waals surface area contributed by atoms with Gasteiger partial charge in [0.25, 0.3) is 0 Å². The molecule has 0 aromatic rings. The lowest BCUT2D eigenvalue weighted by atomic mass is 9.65. The lowest BCUT2D eigenvalue weighted by molar-refractivity contribution is -0.148. The molecule has 6 nitrogen and oxygen atoms in total. The summed E-state index contributed by atoms with van der Waals surface area (Å²) in [6, 6.07) is 0. The summed E-state index contributed by atoms with van der Waals surface area (Å²) in [5.41, 5.74) is 4.41. The summed E-state index contributed by atoms with van der Waals surface area (Å²) < 4.78 is 12.2. The highest BCUT2D eigenvalue weighted by Gasteiger charge is 2.50. The number of hydrogen-bond acceptors (Lipinski definition) is 5. The Labute approximate surface area is 235 Å². The molecule has 0 bridgehead atoms. The predicted molar refractivity (Wildman–Crippen MR) is 155 cm³/mol. The number of methoxy groups -OCH3 is 1. The first-order valence-electron chi connectivity index (χ1n) is 15.2. The Kier molecular flexibility index (Phi) is 9.79. The predicted octanol–water partition coefficient (Wildman–Crippen LogP) is 7.91. The third kappa shape index (κ3) is 6.87. The number of carbonyl (C=O) groups is 1. The molecule has 1 fully saturated rings. The van der Waals surface area contributed by atoms with Crippen LogP contribution >= 0.6 is 0 Å². The maximum Gasteiger partial charge on any atom is 0.309 e. The molecule has 0 amide bonds. The van der Waals surface area contributed by atoms with Gasteiger partial charge in [0.05, 0.1) is 23.8 Å². The number of oxime groups is 1. The zero-order chi connectivity index (χ0) is 28.0. The molecule has 1 aliphatic heterocycles. The zero-order valence-corrected chi connectivity index (χ0v) is 24.8. The van der Waals surface area contributed by atoms with E-state index in [1.807, 2.05) is 21.0 Å². The van der Waals surface area contributed by atoms with E-state index >= 15 is 0 Å². The van der Waals surface area contributed by atoms with Crippen LogP contribution in [-0.4, -0.2) is 42.2 Å². The van der Waals surface area contributed by atoms with Crippen LogP contribution in [0.25, 0.3) is 0 Å². The van der Waals surface area contributed by atoms with Gasteiger partial charge in [0.15, 0.2) is 0 Å². The van der Waals surface area contributed by atoms with E-state index in [2.05, 4.69) is 43.3 Å². The molecule has 1 saturated carbocycles. The number of ether oxygens (including phenoxy) is 2. The topological polar surface area (TPSA) is 77.3 Å². The Morgan fingerprint density at radius 1 is 1.26 bits per heavy atom. The first kappa shape index (κ1) is 29.6. The lowest BCUT2D eigenvalue weighted by Crippen LogP contribution is -2.44. The molecule has 216 valence electrons. The highest BCUT2D eigenvalue weighted by molar-refractivity contribution is 5.86. The van der Waals surface area contributed by atoms with Crippen LogP contribution in [0, 0.1) is 17.3 Å². The van der Waals surface area contributed by atoms with E-state index in [0.717, 1.165) is 75.7 Å². The first-order valence-corrected chi connectivity index (χ1v) is 15.2. The average molecular weight is 540 g/mol. The van der Waals surface area contributed by atoms with Gasteiger partial charge in [-0.2, -0.15) is 0 Å². The van der Waals surface area contributed by atoms with E-state index in [4.69, 9.17) is 14.3 Å². The Morgan fingerprint density at radius 2 is 2.05 bits per heavy atom. The summed E-state index contributed by atoms with van der Waals surface area (Å²) >= 11 is 0. The third-order valence-corrected chi connectivity index (χ3v) is 9.26. The number of carboxylic acids is 1. The van der Waals surface area contributed by atoms with Crippen molar-refractivity contribution in [2.24, 2.45) is 22.4 Å². The second-order valence-electron chi connectivity index (χ2n) is 12.4. The fraction of sp³-hybridized carbons (Fsp3) is 0.697. The van der Waals surface area contributed by atoms with Crippen LogP contribution in [-0.2, 0) is 19.1 Å². The van der Waals surface area contributed by atoms with Crippen LogP contribution in [0.5, 0.6) is 0 Å². The van der Waals surface area contributed by atoms with E-state index in [1.54, 1.807) is 0 Å². The van der Waals surface area contributed by atoms with E-state index in [1.165, 1.54) is 16.7 Å². The largest absolute Gasteiger partial charge is 0.494 e. The van der Waals surface area contributed by atoms with Gasteiger partial charge in [-0.1, -0.05) is 54.8 Å². The van der Waals surface area contributed by atoms with Crippen molar-refractivity contribution in [3.63, 3.8) is 0 Å². The van der Waals surface area contributed by atoms with E-state index in [9.17, 15) is 9.90 Å². The molecule has 0 radical (unpaired) electrons. The average Bonchev–Trinajstić information content (AvgIpc) is 3.33. The van der Waals surface area contributed by atoms with Gasteiger partial charge in [-0.05, 0) is 90.0 Å². The fourth-order valence-electron chi connectivity index (χ4n) is 7.08. The van der Waals surface area contributed by atoms with Gasteiger partial charge in [0, 0.05) is 25.0 Å². The Hall–Kier alpha value is -2.34. The third-order valence-electron chi connectivity index (χ3n) is 9.26. The minimum atomic E-state index is -0.688. The summed E-state index contributed by atoms with van der Waals surface area (Å²) in [5, 5.41) is 14.1. The van der Waals surface area contributed by atoms with Crippen LogP contribution in [0.2, 0.25) is 0 Å². The molecule has 1 spiro atoms. The molecule has 3 aliphatic carbocycles. The van der Waals surface area contributed by atoms with Crippen molar-refractivity contribution in [1.29, 1.82) is 0 Å². The molecule has 4 rings (SSSR count). The summed E-state index contributed by atoms with van der Waals surface area (Å²) in [6.07, 6.45) is 20.2. The Balaban J connectivity index is 1.31. The van der Waals surface area contributed by atoms with Crippen molar-refractivity contribution in [2.75, 3.05) is 13.7 Å². The van der Waals surface area contributed by atoms with Crippen molar-refractivity contribution < 1.29 is 24.2 Å². The molecule has 4 aliphatic rings. The van der Waals surface area contributed by atoms with Crippen molar-refractivity contribution >= 4 is 11.7 Å². The number of aliphatic carboxylic acids is 1. The van der Waals surface area contributed by atoms with Crippen LogP contribution < -0.4 is 0 Å². The number of nitrogens with zero attached hydrogens (tertiary/aromatic N) is 1. The first-order chi connectivity index (χ1) is 18.7. The van der Waals surface area contributed by atoms with E-state index < -0.39 is 11.4 Å². The number of rotatable bonds is 14. The van der Waals surface area contributed by atoms with Crippen LogP contribution in [0.3, 0.4) is 0 Å². The van der Waals surface area contributed by atoms with Gasteiger partial charge in [-0.3, -0.25) is 4.79 Å². The van der Waals surface area contributed by atoms with Crippen molar-refractivity contribution in [2.45, 2.75) is 116 Å². The van der Waals surface area contributed by atoms with Gasteiger partial charge < -0.3 is 19.4 Å². The van der Waals surface area contributed by atoms with Crippen molar-refractivity contribution in [3.8, 4) is 0 Å². The van der Waals surface area contributed by atoms with Crippen LogP contribution in [0.1, 0.15) is 105 Å². The molecule has 0 aromatic carbocycles. The minimum Gasteiger partial charge on any atom is -0.494 e. The Bertz CT molecular complexity index is 1040. The highest BCUT2D eigenvalue weighted by Crippen LogP contribution is 2.50. The molecule has 0 saturated heterocycles. The van der Waals surface area contributed by atoms with E-state index in [-0.39, 0.29) is 11.7 Å². The van der Waals surface area contributed by atoms with Gasteiger partial charge in [0.2, 0.25) is 0 Å². The second-order valence-corrected chi connectivity index (χ2v) is 12.4. The molecule has 6 heteroatoms. The quantitative estimate of drug-likeness (QED) is 0.243. The highest BCUT2D eigenvalue weighted by atomic mass is 16.7. The zero-order valence-electron chi connectivity index (χ0n) is 24.8. The smallest absolute Gasteiger partial charge is 0.309 e. The second kappa shape index (κ2) is 12.9. The standard InChI is InChI=1S/C33H49NO5/c1-6-15-32(4,31(35)36)16-9-10-27-22-33(39-34-27)20-25(21-33)17-24-18-28(37-5)30(29(19-24)38-8-3)26-13-11-23(7-2)12-14-26/h11-13,19,25-26,28H,6-10,14-18,20-22H2,1-5H3,(H,35,36). The lowest BCUT2D eigenvalue weighted by Gasteiger charge is -2.43. The summed E-state index contributed by atoms with van der Waals surface area (Å²) in [5.74, 6) is 1.22. The van der Waals surface area contributed by atoms with E-state index in [0.29, 0.717) is 31.3 Å². The number of allylic oxidation sites excluding steroid dienone is 5. The maximum atomic E-state index is 11.7. The summed E-state index contributed by atoms with van der Waals surface area (Å²) in [4.78, 5) is 17.7. The van der Waals surface area contributed by atoms with Crippen molar-refractivity contribution in [3.05, 3.63) is 46.8 Å². The number of carboxylic acid groups (broad SMARTS) is 1. The normalized spacial score (nSPS) is 29.8. The summed E-state index contributed by atoms with van der Waals surface area (Å²) in [7, 11) is 1.82. The van der Waals surface area contributed by atoms with Crippen LogP contribution in [0.15, 0.2) is 51.9 Å². The Morgan fingerprint density at radius 3 is 2.67 bits per heavy atom. The molecule has 39 heavy (non-hydrogen) atoms. The molecule has 0 aromatic heterocycles. The fourth-order valence-corrected chi connectivity index (χ4v) is 7.08. The van der Waals surface area contributed by atoms with Gasteiger partial charge in [-0.25, -0.2) is 0 Å². The molecular weight excluding hydrogens is 490 g/mol. The molecule has 3 atom stereocenters. The number of hydrogen-bond donors (Lipinski definition) is 1. The van der Waals surface area contributed by atoms with Crippen molar-refractivity contribution in [1.82, 2.24) is 0 Å². The monoisotopic (exact) mass is 539 g/mol. The minimum absolute atomic E-state index is 0.0497.